The zero-order chi connectivity index (χ0) is 26.9. The molecule has 1 heterocycles. The molecule has 1 aliphatic rings. The van der Waals surface area contributed by atoms with Gasteiger partial charge in [0.15, 0.2) is 9.84 Å². The predicted octanol–water partition coefficient (Wildman–Crippen LogP) is 4.30. The summed E-state index contributed by atoms with van der Waals surface area (Å²) < 4.78 is 38.0. The van der Waals surface area contributed by atoms with Gasteiger partial charge in [-0.1, -0.05) is 30.3 Å². The molecule has 1 unspecified atom stereocenters. The Hall–Kier alpha value is -3.24. The van der Waals surface area contributed by atoms with Crippen molar-refractivity contribution in [3.8, 4) is 11.1 Å². The fraction of sp³-hybridized carbons (Fsp3) is 0.407. The summed E-state index contributed by atoms with van der Waals surface area (Å²) in [5.74, 6) is -2.16. The van der Waals surface area contributed by atoms with Gasteiger partial charge < -0.3 is 21.1 Å². The van der Waals surface area contributed by atoms with Crippen LogP contribution < -0.4 is 11.1 Å². The molecule has 0 spiro atoms. The van der Waals surface area contributed by atoms with Crippen LogP contribution in [0.3, 0.4) is 0 Å². The van der Waals surface area contributed by atoms with Gasteiger partial charge in [-0.3, -0.25) is 4.79 Å². The van der Waals surface area contributed by atoms with Crippen molar-refractivity contribution in [1.82, 2.24) is 10.3 Å². The zero-order valence-corrected chi connectivity index (χ0v) is 21.7. The lowest BCUT2D eigenvalue weighted by molar-refractivity contribution is -0.122. The molecule has 1 atom stereocenters. The molecule has 10 heteroatoms. The number of carboxylic acid groups (broad SMARTS) is 1. The minimum atomic E-state index is -3.44. The van der Waals surface area contributed by atoms with Crippen LogP contribution in [0.5, 0.6) is 0 Å². The van der Waals surface area contributed by atoms with Crippen LogP contribution in [0.2, 0.25) is 0 Å². The number of sulfone groups is 1. The molecule has 1 saturated carbocycles. The Balaban J connectivity index is 1.65. The minimum absolute atomic E-state index is 0.0138. The number of benzene rings is 2. The number of aromatic amines is 1. The molecule has 0 bridgehead atoms. The number of nitrogens with two attached hydrogens (primary N) is 1. The first-order valence-electron chi connectivity index (χ1n) is 12.3. The van der Waals surface area contributed by atoms with Crippen LogP contribution in [-0.2, 0) is 20.4 Å². The summed E-state index contributed by atoms with van der Waals surface area (Å²) in [6, 6.07) is 9.17. The second-order valence-corrected chi connectivity index (χ2v) is 12.2. The molecule has 37 heavy (non-hydrogen) atoms. The first kappa shape index (κ1) is 26.8. The molecule has 0 radical (unpaired) electrons. The van der Waals surface area contributed by atoms with Crippen molar-refractivity contribution in [3.05, 3.63) is 59.0 Å². The van der Waals surface area contributed by atoms with E-state index in [0.717, 1.165) is 38.0 Å². The molecule has 5 N–H and O–H groups in total. The molecule has 198 valence electrons. The van der Waals surface area contributed by atoms with Gasteiger partial charge in [0.2, 0.25) is 5.91 Å². The maximum Gasteiger partial charge on any atom is 0.352 e. The Bertz CT molecular complexity index is 1440. The summed E-state index contributed by atoms with van der Waals surface area (Å²) in [6.07, 6.45) is 5.15. The summed E-state index contributed by atoms with van der Waals surface area (Å²) in [5.41, 5.74) is 7.71. The smallest absolute Gasteiger partial charge is 0.352 e. The molecule has 3 aromatic rings. The number of carboxylic acids is 1. The van der Waals surface area contributed by atoms with Crippen molar-refractivity contribution in [2.75, 3.05) is 6.26 Å². The Kier molecular flexibility index (Phi) is 7.70. The highest BCUT2D eigenvalue weighted by Gasteiger charge is 2.25. The van der Waals surface area contributed by atoms with Gasteiger partial charge in [-0.25, -0.2) is 17.6 Å². The maximum atomic E-state index is 14.8. The predicted molar refractivity (Wildman–Crippen MR) is 140 cm³/mol. The van der Waals surface area contributed by atoms with E-state index in [1.54, 1.807) is 12.1 Å². The Morgan fingerprint density at radius 1 is 1.19 bits per heavy atom. The fourth-order valence-electron chi connectivity index (χ4n) is 5.20. The topological polar surface area (TPSA) is 142 Å². The van der Waals surface area contributed by atoms with Gasteiger partial charge in [0.1, 0.15) is 11.5 Å². The van der Waals surface area contributed by atoms with Gasteiger partial charge >= 0.3 is 5.97 Å². The van der Waals surface area contributed by atoms with E-state index in [-0.39, 0.29) is 23.2 Å². The Morgan fingerprint density at radius 3 is 2.51 bits per heavy atom. The summed E-state index contributed by atoms with van der Waals surface area (Å²) in [5, 5.41) is 13.5. The average molecular weight is 530 g/mol. The number of fused-ring (bicyclic) bond motifs is 1. The first-order chi connectivity index (χ1) is 17.4. The summed E-state index contributed by atoms with van der Waals surface area (Å²) in [7, 11) is -3.44. The van der Waals surface area contributed by atoms with Crippen LogP contribution in [-0.4, -0.2) is 42.7 Å². The number of halogens is 1. The van der Waals surface area contributed by atoms with E-state index in [1.165, 1.54) is 12.1 Å². The van der Waals surface area contributed by atoms with Gasteiger partial charge in [0.25, 0.3) is 0 Å². The van der Waals surface area contributed by atoms with E-state index in [2.05, 4.69) is 10.3 Å². The van der Waals surface area contributed by atoms with Crippen LogP contribution in [0, 0.1) is 11.7 Å². The van der Waals surface area contributed by atoms with Crippen molar-refractivity contribution >= 4 is 32.6 Å². The molecule has 0 aliphatic heterocycles. The summed E-state index contributed by atoms with van der Waals surface area (Å²) in [4.78, 5) is 27.8. The number of rotatable bonds is 8. The largest absolute Gasteiger partial charge is 0.477 e. The fourth-order valence-corrected chi connectivity index (χ4v) is 6.00. The number of nitrogens with one attached hydrogen (secondary N) is 2. The van der Waals surface area contributed by atoms with E-state index in [9.17, 15) is 27.5 Å². The van der Waals surface area contributed by atoms with Gasteiger partial charge in [-0.15, -0.1) is 0 Å². The molecule has 1 amide bonds. The molecular weight excluding hydrogens is 497 g/mol. The second kappa shape index (κ2) is 10.6. The van der Waals surface area contributed by atoms with E-state index in [4.69, 9.17) is 5.73 Å². The molecule has 4 rings (SSSR count). The molecule has 8 nitrogen and oxygen atoms in total. The number of amides is 1. The Labute approximate surface area is 215 Å². The van der Waals surface area contributed by atoms with E-state index in [1.807, 2.05) is 13.0 Å². The summed E-state index contributed by atoms with van der Waals surface area (Å²) >= 11 is 0. The van der Waals surface area contributed by atoms with Crippen LogP contribution in [0.25, 0.3) is 22.0 Å². The molecule has 2 aromatic carbocycles. The third-order valence-electron chi connectivity index (χ3n) is 7.05. The Morgan fingerprint density at radius 2 is 1.89 bits per heavy atom. The van der Waals surface area contributed by atoms with Crippen LogP contribution in [0.1, 0.15) is 66.7 Å². The van der Waals surface area contributed by atoms with Crippen LogP contribution >= 0.6 is 0 Å². The number of hydrogen-bond donors (Lipinski definition) is 4. The maximum absolute atomic E-state index is 14.8. The highest BCUT2D eigenvalue weighted by atomic mass is 32.2. The average Bonchev–Trinajstić information content (AvgIpc) is 3.21. The normalized spacial score (nSPS) is 19.0. The van der Waals surface area contributed by atoms with Crippen molar-refractivity contribution in [2.45, 2.75) is 56.9 Å². The molecule has 1 aromatic heterocycles. The first-order valence-corrected chi connectivity index (χ1v) is 14.4. The quantitative estimate of drug-likeness (QED) is 0.343. The lowest BCUT2D eigenvalue weighted by Gasteiger charge is -2.26. The van der Waals surface area contributed by atoms with Gasteiger partial charge in [0.05, 0.1) is 17.3 Å². The van der Waals surface area contributed by atoms with Crippen molar-refractivity contribution in [3.63, 3.8) is 0 Å². The number of hydrogen-bond acceptors (Lipinski definition) is 5. The van der Waals surface area contributed by atoms with Crippen molar-refractivity contribution < 1.29 is 27.5 Å². The molecule has 1 fully saturated rings. The van der Waals surface area contributed by atoms with Crippen LogP contribution in [0.4, 0.5) is 4.39 Å². The number of carbonyl (C=O) groups is 2. The minimum Gasteiger partial charge on any atom is -0.477 e. The number of H-pyrrole nitrogens is 1. The lowest BCUT2D eigenvalue weighted by atomic mass is 9.84. The van der Waals surface area contributed by atoms with Crippen molar-refractivity contribution in [1.29, 1.82) is 0 Å². The van der Waals surface area contributed by atoms with Gasteiger partial charge in [0, 0.05) is 35.2 Å². The van der Waals surface area contributed by atoms with E-state index in [0.29, 0.717) is 39.9 Å². The van der Waals surface area contributed by atoms with Crippen LogP contribution in [0.15, 0.2) is 36.4 Å². The van der Waals surface area contributed by atoms with Crippen molar-refractivity contribution in [2.24, 2.45) is 11.7 Å². The number of para-hydroxylation sites is 1. The third kappa shape index (κ3) is 6.19. The van der Waals surface area contributed by atoms with E-state index < -0.39 is 33.4 Å². The number of aromatic nitrogens is 1. The number of aromatic carboxylic acids is 1. The van der Waals surface area contributed by atoms with Gasteiger partial charge in [-0.2, -0.15) is 0 Å². The van der Waals surface area contributed by atoms with Gasteiger partial charge in [-0.05, 0) is 55.7 Å². The molecular formula is C27H32FN3O5S. The molecule has 1 aliphatic carbocycles. The highest BCUT2D eigenvalue weighted by Crippen LogP contribution is 2.36. The van der Waals surface area contributed by atoms with E-state index >= 15 is 0 Å². The SMILES string of the molecule is CC(NC(=O)CC1CCC(N)CC1)c1cccc2c(-c3ccc(CS(C)(=O)=O)c(F)c3)c(C(=O)O)[nH]c12. The highest BCUT2D eigenvalue weighted by molar-refractivity contribution is 7.89. The third-order valence-corrected chi connectivity index (χ3v) is 7.88. The lowest BCUT2D eigenvalue weighted by Crippen LogP contribution is -2.32. The monoisotopic (exact) mass is 529 g/mol. The standard InChI is InChI=1S/C27H32FN3O5S/c1-15(30-23(32)12-16-6-10-19(29)11-7-16)20-4-3-5-21-24(26(27(33)34)31-25(20)21)17-8-9-18(22(28)13-17)14-37(2,35)36/h3-5,8-9,13,15-16,19,31H,6-7,10-12,14,29H2,1-2H3,(H,30,32)(H,33,34). The molecule has 0 saturated heterocycles. The second-order valence-electron chi connectivity index (χ2n) is 10.1. The number of carbonyl (C=O) groups excluding carboxylic acids is 1. The zero-order valence-electron chi connectivity index (χ0n) is 20.9. The summed E-state index contributed by atoms with van der Waals surface area (Å²) in [6.45, 7) is 1.84.